The minimum absolute atomic E-state index is 0. The molecule has 2 fully saturated rings. The first-order valence-corrected chi connectivity index (χ1v) is 22.8. The van der Waals surface area contributed by atoms with Crippen molar-refractivity contribution in [1.29, 1.82) is 0 Å². The Hall–Kier alpha value is -5.04. The minimum atomic E-state index is -3.88. The zero-order valence-corrected chi connectivity index (χ0v) is 38.5. The van der Waals surface area contributed by atoms with Crippen molar-refractivity contribution in [2.75, 3.05) is 49.0 Å². The van der Waals surface area contributed by atoms with Gasteiger partial charge in [0, 0.05) is 57.3 Å². The van der Waals surface area contributed by atoms with Gasteiger partial charge in [0.1, 0.15) is 0 Å². The first kappa shape index (κ1) is 49.6. The van der Waals surface area contributed by atoms with Crippen LogP contribution in [-0.4, -0.2) is 113 Å². The number of esters is 2. The Morgan fingerprint density at radius 3 is 1.24 bits per heavy atom. The second kappa shape index (κ2) is 21.8. The van der Waals surface area contributed by atoms with Crippen molar-refractivity contribution in [3.05, 3.63) is 131 Å². The molecule has 6 rings (SSSR count). The molecule has 0 saturated carbocycles. The summed E-state index contributed by atoms with van der Waals surface area (Å²) in [5, 5.41) is 3.36. The van der Waals surface area contributed by atoms with Gasteiger partial charge in [0.15, 0.2) is 0 Å². The van der Waals surface area contributed by atoms with Crippen molar-refractivity contribution in [3.8, 4) is 0 Å². The lowest BCUT2D eigenvalue weighted by Crippen LogP contribution is -2.61. The van der Waals surface area contributed by atoms with Crippen LogP contribution < -0.4 is 13.9 Å². The second-order valence-corrected chi connectivity index (χ2v) is 19.0. The minimum Gasteiger partial charge on any atom is -0.465 e. The number of benzene rings is 4. The molecule has 2 aliphatic rings. The molecule has 2 aliphatic heterocycles. The molecule has 18 heteroatoms. The third-order valence-corrected chi connectivity index (χ3v) is 14.2. The molecule has 4 aromatic rings. The quantitative estimate of drug-likeness (QED) is 0.180. The van der Waals surface area contributed by atoms with Crippen LogP contribution in [0.1, 0.15) is 66.5 Å². The zero-order chi connectivity index (χ0) is 44.5. The van der Waals surface area contributed by atoms with Crippen molar-refractivity contribution >= 4 is 62.0 Å². The fourth-order valence-electron chi connectivity index (χ4n) is 7.69. The van der Waals surface area contributed by atoms with E-state index in [1.54, 1.807) is 89.8 Å². The number of piperazine rings is 2. The lowest BCUT2D eigenvalue weighted by Gasteiger charge is -2.44. The molecule has 15 nitrogen and oxygen atoms in total. The molecule has 0 aliphatic carbocycles. The van der Waals surface area contributed by atoms with Crippen molar-refractivity contribution in [1.82, 2.24) is 18.8 Å². The maximum absolute atomic E-state index is 13.8. The number of rotatable bonds is 12. The number of hydrogen-bond donors (Lipinski definition) is 1. The Balaban J connectivity index is 0.000000269. The molecule has 4 aromatic carbocycles. The van der Waals surface area contributed by atoms with E-state index in [-0.39, 0.29) is 68.7 Å². The van der Waals surface area contributed by atoms with Gasteiger partial charge in [-0.05, 0) is 87.4 Å². The average molecular weight is 914 g/mol. The first-order valence-electron chi connectivity index (χ1n) is 20.0. The Morgan fingerprint density at radius 1 is 0.581 bits per heavy atom. The molecule has 0 aromatic heterocycles. The molecule has 336 valence electrons. The van der Waals surface area contributed by atoms with Gasteiger partial charge in [-0.1, -0.05) is 60.7 Å². The van der Waals surface area contributed by atoms with Crippen LogP contribution in [0.25, 0.3) is 0 Å². The van der Waals surface area contributed by atoms with Gasteiger partial charge in [0.25, 0.3) is 0 Å². The van der Waals surface area contributed by atoms with Gasteiger partial charge in [-0.15, -0.1) is 12.4 Å². The highest BCUT2D eigenvalue weighted by molar-refractivity contribution is 7.90. The number of carbonyl (C=O) groups excluding carboxylic acids is 3. The van der Waals surface area contributed by atoms with Crippen LogP contribution in [0.15, 0.2) is 109 Å². The highest BCUT2D eigenvalue weighted by atomic mass is 35.5. The lowest BCUT2D eigenvalue weighted by atomic mass is 10.1. The number of ether oxygens (including phenoxy) is 2. The lowest BCUT2D eigenvalue weighted by molar-refractivity contribution is -0.135. The van der Waals surface area contributed by atoms with E-state index in [1.807, 2.05) is 52.0 Å². The number of para-hydroxylation sites is 2. The number of amides is 1. The van der Waals surface area contributed by atoms with E-state index in [0.717, 1.165) is 11.1 Å². The highest BCUT2D eigenvalue weighted by Gasteiger charge is 2.40. The predicted molar refractivity (Wildman–Crippen MR) is 243 cm³/mol. The summed E-state index contributed by atoms with van der Waals surface area (Å²) in [5.41, 5.74) is 3.47. The summed E-state index contributed by atoms with van der Waals surface area (Å²) in [4.78, 5) is 37.1. The molecular weight excluding hydrogens is 856 g/mol. The third-order valence-electron chi connectivity index (χ3n) is 10.5. The van der Waals surface area contributed by atoms with Gasteiger partial charge in [0.05, 0.1) is 49.8 Å². The maximum atomic E-state index is 13.8. The number of anilines is 2. The van der Waals surface area contributed by atoms with Crippen molar-refractivity contribution in [3.63, 3.8) is 0 Å². The monoisotopic (exact) mass is 912 g/mol. The Labute approximate surface area is 372 Å². The van der Waals surface area contributed by atoms with E-state index < -0.39 is 32.4 Å². The summed E-state index contributed by atoms with van der Waals surface area (Å²) in [6.45, 7) is 10.7. The number of methoxy groups -OCH3 is 2. The van der Waals surface area contributed by atoms with Gasteiger partial charge in [-0.2, -0.15) is 25.4 Å². The third kappa shape index (κ3) is 12.1. The SMILES string of the molecule is COC(=O)c1ccc(CN(c2ccccc2)S(=O)(=O)N2C[C@@H](C)N(C(C)=O)[C@@H](C)C2)cc1.COC(=O)c1ccc(CN(c2ccccc2)S(=O)(=O)N2C[C@@H](C)N[C@@H](C)C2)cc1.Cl. The molecule has 1 N–H and O–H groups in total. The summed E-state index contributed by atoms with van der Waals surface area (Å²) in [5.74, 6) is -0.934. The summed E-state index contributed by atoms with van der Waals surface area (Å²) in [6.07, 6.45) is 0. The van der Waals surface area contributed by atoms with Crippen LogP contribution in [0.4, 0.5) is 11.4 Å². The number of hydrogen-bond acceptors (Lipinski definition) is 10. The number of halogens is 1. The summed E-state index contributed by atoms with van der Waals surface area (Å²) in [6, 6.07) is 31.1. The van der Waals surface area contributed by atoms with Crippen LogP contribution in [0.5, 0.6) is 0 Å². The molecule has 0 unspecified atom stereocenters. The first-order chi connectivity index (χ1) is 29.0. The molecule has 1 amide bonds. The van der Waals surface area contributed by atoms with E-state index in [2.05, 4.69) is 5.32 Å². The van der Waals surface area contributed by atoms with Crippen molar-refractivity contribution in [2.45, 2.75) is 71.9 Å². The number of carbonyl (C=O) groups is 3. The smallest absolute Gasteiger partial charge is 0.337 e. The molecule has 2 saturated heterocycles. The van der Waals surface area contributed by atoms with Crippen LogP contribution in [0, 0.1) is 0 Å². The number of nitrogens with zero attached hydrogens (tertiary/aromatic N) is 5. The second-order valence-electron chi connectivity index (χ2n) is 15.3. The predicted octanol–water partition coefficient (Wildman–Crippen LogP) is 5.49. The summed E-state index contributed by atoms with van der Waals surface area (Å²) in [7, 11) is -4.98. The summed E-state index contributed by atoms with van der Waals surface area (Å²) >= 11 is 0. The molecule has 0 bridgehead atoms. The highest BCUT2D eigenvalue weighted by Crippen LogP contribution is 2.28. The molecule has 0 radical (unpaired) electrons. The van der Waals surface area contributed by atoms with E-state index >= 15 is 0 Å². The molecule has 62 heavy (non-hydrogen) atoms. The van der Waals surface area contributed by atoms with Gasteiger partial charge >= 0.3 is 32.4 Å². The Bertz CT molecular complexity index is 2300. The summed E-state index contributed by atoms with van der Waals surface area (Å²) < 4.78 is 69.8. The molecule has 4 atom stereocenters. The fourth-order valence-corrected chi connectivity index (χ4v) is 11.3. The normalized spacial score (nSPS) is 19.5. The standard InChI is InChI=1S/C23H29N3O5S.C21H27N3O4S.ClH/c1-17-14-24(15-18(2)26(17)19(3)27)32(29,30)25(22-8-6-5-7-9-22)16-20-10-12-21(13-11-20)23(28)31-4;1-16-13-23(14-17(2)22-16)29(26,27)24(20-7-5-4-6-8-20)15-18-9-11-19(12-10-18)21(25)28-3;/h5-13,17-18H,14-16H2,1-4H3;4-12,16-17,22H,13-15H2,1-3H3;1H/t17-,18+;16-,17+;. The van der Waals surface area contributed by atoms with Gasteiger partial charge in [0.2, 0.25) is 5.91 Å². The van der Waals surface area contributed by atoms with E-state index in [1.165, 1.54) is 38.4 Å². The molecule has 2 heterocycles. The topological polar surface area (TPSA) is 166 Å². The van der Waals surface area contributed by atoms with Gasteiger partial charge in [-0.25, -0.2) is 9.59 Å². The van der Waals surface area contributed by atoms with Gasteiger partial charge in [-0.3, -0.25) is 13.4 Å². The van der Waals surface area contributed by atoms with Crippen LogP contribution in [-0.2, 0) is 47.8 Å². The Kier molecular flexibility index (Phi) is 17.5. The van der Waals surface area contributed by atoms with Gasteiger partial charge < -0.3 is 19.7 Å². The van der Waals surface area contributed by atoms with E-state index in [9.17, 15) is 31.2 Å². The van der Waals surface area contributed by atoms with Crippen molar-refractivity contribution < 1.29 is 40.7 Å². The van der Waals surface area contributed by atoms with E-state index in [4.69, 9.17) is 9.47 Å². The fraction of sp³-hybridized carbons (Fsp3) is 0.386. The maximum Gasteiger partial charge on any atom is 0.337 e. The van der Waals surface area contributed by atoms with Crippen LogP contribution >= 0.6 is 12.4 Å². The zero-order valence-electron chi connectivity index (χ0n) is 36.1. The Morgan fingerprint density at radius 2 is 0.919 bits per heavy atom. The van der Waals surface area contributed by atoms with Crippen LogP contribution in [0.2, 0.25) is 0 Å². The van der Waals surface area contributed by atoms with E-state index in [0.29, 0.717) is 35.6 Å². The molecule has 0 spiro atoms. The average Bonchev–Trinajstić information content (AvgIpc) is 3.24. The molecular formula is C44H57ClN6O9S2. The number of nitrogens with one attached hydrogen (secondary N) is 1. The van der Waals surface area contributed by atoms with Crippen molar-refractivity contribution in [2.24, 2.45) is 0 Å². The largest absolute Gasteiger partial charge is 0.465 e. The van der Waals surface area contributed by atoms with Crippen LogP contribution in [0.3, 0.4) is 0 Å².